The highest BCUT2D eigenvalue weighted by Gasteiger charge is 2.49. The molecule has 0 spiro atoms. The van der Waals surface area contributed by atoms with E-state index in [1.165, 1.54) is 32.1 Å². The Morgan fingerprint density at radius 3 is 2.21 bits per heavy atom. The molecule has 4 saturated carbocycles. The molecule has 0 radical (unpaired) electrons. The van der Waals surface area contributed by atoms with Crippen LogP contribution in [0.1, 0.15) is 48.6 Å². The monoisotopic (exact) mass is 260 g/mol. The number of primary amides is 1. The van der Waals surface area contributed by atoms with Crippen LogP contribution in [0.25, 0.3) is 0 Å². The quantitative estimate of drug-likeness (QED) is 0.846. The molecule has 4 N–H and O–H groups in total. The fraction of sp³-hybridized carbons (Fsp3) is 0.714. The van der Waals surface area contributed by atoms with Gasteiger partial charge in [-0.1, -0.05) is 0 Å². The molecule has 102 valence electrons. The minimum Gasteiger partial charge on any atom is -0.383 e. The second kappa shape index (κ2) is 3.74. The fourth-order valence-electron chi connectivity index (χ4n) is 5.15. The van der Waals surface area contributed by atoms with Gasteiger partial charge in [0.05, 0.1) is 6.33 Å². The van der Waals surface area contributed by atoms with E-state index in [0.717, 1.165) is 11.8 Å². The zero-order valence-corrected chi connectivity index (χ0v) is 11.0. The molecular weight excluding hydrogens is 240 g/mol. The van der Waals surface area contributed by atoms with Crippen LogP contribution in [0.4, 0.5) is 5.82 Å². The number of aromatic nitrogens is 2. The molecule has 5 nitrogen and oxygen atoms in total. The van der Waals surface area contributed by atoms with Crippen molar-refractivity contribution in [2.24, 2.45) is 29.4 Å². The lowest BCUT2D eigenvalue weighted by Crippen LogP contribution is -2.46. The van der Waals surface area contributed by atoms with Gasteiger partial charge < -0.3 is 16.0 Å². The average Bonchev–Trinajstić information content (AvgIpc) is 2.70. The fourth-order valence-corrected chi connectivity index (χ4v) is 5.15. The third kappa shape index (κ3) is 1.53. The van der Waals surface area contributed by atoms with Crippen molar-refractivity contribution in [3.05, 3.63) is 12.0 Å². The Kier molecular flexibility index (Phi) is 2.23. The first-order valence-corrected chi connectivity index (χ1v) is 7.25. The Hall–Kier alpha value is -1.52. The SMILES string of the molecule is NC(=O)c1ncn(C2C3CC4CC(C3)CC2C4)c1N. The van der Waals surface area contributed by atoms with Crippen LogP contribution < -0.4 is 11.5 Å². The number of nitrogens with zero attached hydrogens (tertiary/aromatic N) is 2. The molecule has 0 aromatic carbocycles. The maximum atomic E-state index is 11.3. The number of hydrogen-bond acceptors (Lipinski definition) is 3. The lowest BCUT2D eigenvalue weighted by Gasteiger charge is -2.54. The van der Waals surface area contributed by atoms with Gasteiger partial charge in [0.15, 0.2) is 5.69 Å². The van der Waals surface area contributed by atoms with E-state index in [9.17, 15) is 4.79 Å². The van der Waals surface area contributed by atoms with Gasteiger partial charge >= 0.3 is 0 Å². The van der Waals surface area contributed by atoms with Gasteiger partial charge in [0.25, 0.3) is 5.91 Å². The minimum atomic E-state index is -0.528. The molecular formula is C14H20N4O. The Labute approximate surface area is 112 Å². The summed E-state index contributed by atoms with van der Waals surface area (Å²) in [5, 5.41) is 0. The molecule has 0 aliphatic heterocycles. The van der Waals surface area contributed by atoms with E-state index in [1.807, 2.05) is 4.57 Å². The van der Waals surface area contributed by atoms with Crippen LogP contribution in [0.3, 0.4) is 0 Å². The second-order valence-electron chi connectivity index (χ2n) is 6.67. The van der Waals surface area contributed by atoms with Crippen molar-refractivity contribution >= 4 is 11.7 Å². The summed E-state index contributed by atoms with van der Waals surface area (Å²) in [5.74, 6) is 3.23. The van der Waals surface area contributed by atoms with Crippen LogP contribution in [-0.4, -0.2) is 15.5 Å². The van der Waals surface area contributed by atoms with Crippen molar-refractivity contribution in [3.8, 4) is 0 Å². The van der Waals surface area contributed by atoms with Gasteiger partial charge in [-0.05, 0) is 55.8 Å². The van der Waals surface area contributed by atoms with Crippen molar-refractivity contribution in [2.75, 3.05) is 5.73 Å². The summed E-state index contributed by atoms with van der Waals surface area (Å²) in [6, 6.07) is 0.438. The van der Waals surface area contributed by atoms with E-state index < -0.39 is 5.91 Å². The first-order chi connectivity index (χ1) is 9.13. The van der Waals surface area contributed by atoms with Gasteiger partial charge in [-0.25, -0.2) is 4.98 Å². The highest BCUT2D eigenvalue weighted by molar-refractivity contribution is 5.95. The summed E-state index contributed by atoms with van der Waals surface area (Å²) in [4.78, 5) is 15.4. The number of hydrogen-bond donors (Lipinski definition) is 2. The summed E-state index contributed by atoms with van der Waals surface area (Å²) in [6.07, 6.45) is 8.44. The van der Waals surface area contributed by atoms with Crippen molar-refractivity contribution in [1.29, 1.82) is 0 Å². The summed E-state index contributed by atoms with van der Waals surface area (Å²) >= 11 is 0. The second-order valence-corrected chi connectivity index (χ2v) is 6.67. The maximum Gasteiger partial charge on any atom is 0.271 e. The van der Waals surface area contributed by atoms with Crippen LogP contribution in [0, 0.1) is 23.7 Å². The number of imidazole rings is 1. The summed E-state index contributed by atoms with van der Waals surface area (Å²) in [5.41, 5.74) is 11.6. The molecule has 5 rings (SSSR count). The van der Waals surface area contributed by atoms with Gasteiger partial charge in [-0.15, -0.1) is 0 Å². The van der Waals surface area contributed by atoms with Crippen molar-refractivity contribution in [1.82, 2.24) is 9.55 Å². The smallest absolute Gasteiger partial charge is 0.271 e. The van der Waals surface area contributed by atoms with Gasteiger partial charge in [0.2, 0.25) is 0 Å². The van der Waals surface area contributed by atoms with Crippen LogP contribution in [0.5, 0.6) is 0 Å². The number of anilines is 1. The number of rotatable bonds is 2. The maximum absolute atomic E-state index is 11.3. The lowest BCUT2D eigenvalue weighted by molar-refractivity contribution is -0.0284. The first-order valence-electron chi connectivity index (χ1n) is 7.25. The normalized spacial score (nSPS) is 39.7. The largest absolute Gasteiger partial charge is 0.383 e. The van der Waals surface area contributed by atoms with Crippen molar-refractivity contribution in [3.63, 3.8) is 0 Å². The third-order valence-corrected chi connectivity index (χ3v) is 5.56. The van der Waals surface area contributed by atoms with Gasteiger partial charge in [0.1, 0.15) is 5.82 Å². The molecule has 1 heterocycles. The number of nitrogens with two attached hydrogens (primary N) is 2. The van der Waals surface area contributed by atoms with E-state index in [0.29, 0.717) is 23.7 Å². The zero-order chi connectivity index (χ0) is 13.1. The van der Waals surface area contributed by atoms with E-state index in [2.05, 4.69) is 4.98 Å². The van der Waals surface area contributed by atoms with Crippen LogP contribution in [-0.2, 0) is 0 Å². The van der Waals surface area contributed by atoms with Crippen molar-refractivity contribution in [2.45, 2.75) is 38.1 Å². The third-order valence-electron chi connectivity index (χ3n) is 5.56. The molecule has 0 saturated heterocycles. The summed E-state index contributed by atoms with van der Waals surface area (Å²) in [6.45, 7) is 0. The lowest BCUT2D eigenvalue weighted by atomic mass is 9.54. The highest BCUT2D eigenvalue weighted by atomic mass is 16.1. The van der Waals surface area contributed by atoms with E-state index in [-0.39, 0.29) is 5.69 Å². The molecule has 4 aliphatic carbocycles. The average molecular weight is 260 g/mol. The number of carbonyl (C=O) groups is 1. The topological polar surface area (TPSA) is 86.9 Å². The first kappa shape index (κ1) is 11.3. The van der Waals surface area contributed by atoms with Gasteiger partial charge in [-0.3, -0.25) is 4.79 Å². The summed E-state index contributed by atoms with van der Waals surface area (Å²) < 4.78 is 2.03. The molecule has 1 amide bonds. The van der Waals surface area contributed by atoms with E-state index in [1.54, 1.807) is 6.33 Å². The molecule has 0 atom stereocenters. The Balaban J connectivity index is 1.71. The van der Waals surface area contributed by atoms with Gasteiger partial charge in [-0.2, -0.15) is 0 Å². The highest BCUT2D eigenvalue weighted by Crippen LogP contribution is 2.58. The number of nitrogen functional groups attached to an aromatic ring is 1. The Morgan fingerprint density at radius 1 is 1.16 bits per heavy atom. The molecule has 4 fully saturated rings. The zero-order valence-electron chi connectivity index (χ0n) is 11.0. The van der Waals surface area contributed by atoms with Crippen LogP contribution in [0.2, 0.25) is 0 Å². The number of carbonyl (C=O) groups excluding carboxylic acids is 1. The van der Waals surface area contributed by atoms with E-state index in [4.69, 9.17) is 11.5 Å². The minimum absolute atomic E-state index is 0.230. The Morgan fingerprint density at radius 2 is 1.74 bits per heavy atom. The standard InChI is InChI=1S/C14H20N4O/c15-13-11(14(16)19)17-6-18(13)12-9-2-7-1-8(4-9)5-10(12)3-7/h6-10,12H,1-5,15H2,(H2,16,19). The van der Waals surface area contributed by atoms with Gasteiger partial charge in [0, 0.05) is 6.04 Å². The molecule has 1 aromatic rings. The number of amides is 1. The predicted molar refractivity (Wildman–Crippen MR) is 71.2 cm³/mol. The van der Waals surface area contributed by atoms with Crippen LogP contribution >= 0.6 is 0 Å². The molecule has 4 aliphatic rings. The van der Waals surface area contributed by atoms with Crippen LogP contribution in [0.15, 0.2) is 6.33 Å². The predicted octanol–water partition coefficient (Wildman–Crippen LogP) is 1.56. The molecule has 1 aromatic heterocycles. The van der Waals surface area contributed by atoms with E-state index >= 15 is 0 Å². The molecule has 19 heavy (non-hydrogen) atoms. The molecule has 5 heteroatoms. The Bertz CT molecular complexity index is 508. The molecule has 4 bridgehead atoms. The van der Waals surface area contributed by atoms with Crippen molar-refractivity contribution < 1.29 is 4.79 Å². The molecule has 0 unspecified atom stereocenters. The summed E-state index contributed by atoms with van der Waals surface area (Å²) in [7, 11) is 0.